The molecule has 228 valence electrons. The van der Waals surface area contributed by atoms with Crippen molar-refractivity contribution >= 4 is 56.5 Å². The van der Waals surface area contributed by atoms with Crippen molar-refractivity contribution in [3.63, 3.8) is 0 Å². The van der Waals surface area contributed by atoms with Gasteiger partial charge >= 0.3 is 29.6 Å². The number of benzene rings is 1. The molecule has 0 radical (unpaired) electrons. The largest absolute Gasteiger partial charge is 0.463 e. The topological polar surface area (TPSA) is 193 Å². The second-order valence-corrected chi connectivity index (χ2v) is 11.8. The summed E-state index contributed by atoms with van der Waals surface area (Å²) in [6, 6.07) is 5.10. The van der Waals surface area contributed by atoms with Crippen LogP contribution < -0.4 is 11.2 Å². The molecule has 1 fully saturated rings. The maximum atomic E-state index is 15.0. The first-order valence-electron chi connectivity index (χ1n) is 11.9. The summed E-state index contributed by atoms with van der Waals surface area (Å²) in [5, 5.41) is 0. The van der Waals surface area contributed by atoms with E-state index in [-0.39, 0.29) is 14.7 Å². The third kappa shape index (κ3) is 7.21. The number of ether oxygens (including phenoxy) is 5. The van der Waals surface area contributed by atoms with Gasteiger partial charge in [0.25, 0.3) is 15.6 Å². The van der Waals surface area contributed by atoms with Crippen LogP contribution in [0.2, 0.25) is 0 Å². The average molecular weight is 726 g/mol. The van der Waals surface area contributed by atoms with Crippen molar-refractivity contribution in [2.24, 2.45) is 0 Å². The fourth-order valence-corrected chi connectivity index (χ4v) is 5.64. The zero-order valence-electron chi connectivity index (χ0n) is 22.3. The van der Waals surface area contributed by atoms with E-state index in [1.807, 2.05) is 22.6 Å². The smallest absolute Gasteiger partial charge is 0.347 e. The first-order valence-corrected chi connectivity index (χ1v) is 14.4. The number of hydrogen-bond acceptors (Lipinski definition) is 13. The second kappa shape index (κ2) is 13.1. The summed E-state index contributed by atoms with van der Waals surface area (Å²) in [5.74, 6) is -5.58. The molecule has 1 saturated heterocycles. The minimum Gasteiger partial charge on any atom is -0.463 e. The van der Waals surface area contributed by atoms with Crippen molar-refractivity contribution in [2.75, 3.05) is 6.61 Å². The van der Waals surface area contributed by atoms with Crippen LogP contribution in [0, 0.1) is 9.39 Å². The van der Waals surface area contributed by atoms with Gasteiger partial charge in [0.2, 0.25) is 5.82 Å². The van der Waals surface area contributed by atoms with E-state index < -0.39 is 93.1 Å². The first kappa shape index (κ1) is 32.9. The van der Waals surface area contributed by atoms with Crippen LogP contribution in [0.5, 0.6) is 0 Å². The first-order chi connectivity index (χ1) is 19.5. The van der Waals surface area contributed by atoms with Crippen LogP contribution in [0.3, 0.4) is 0 Å². The van der Waals surface area contributed by atoms with Gasteiger partial charge in [0.05, 0.1) is 11.1 Å². The Labute approximate surface area is 250 Å². The molecule has 0 saturated carbocycles. The summed E-state index contributed by atoms with van der Waals surface area (Å²) in [5.41, 5.74) is -3.35. The standard InChI is InChI=1S/C24H24FIN2O13S/c1-11(29)37-10-18-19(38-12(2)30)20(39-13(3)31)21(40-14(4)32)23(41-18)28-22(33)17(25)9-27(24(28)34)42(35,36)16-7-5-15(26)6-8-16/h5-9,18-21,23H,10H2,1-4H3/t18-,19-,20+,21-,23-/m1/s1. The quantitative estimate of drug-likeness (QED) is 0.204. The number of carbonyl (C=O) groups is 4. The Morgan fingerprint density at radius 3 is 1.93 bits per heavy atom. The highest BCUT2D eigenvalue weighted by Crippen LogP contribution is 2.33. The van der Waals surface area contributed by atoms with Gasteiger partial charge in [-0.2, -0.15) is 8.36 Å². The van der Waals surface area contributed by atoms with E-state index in [0.29, 0.717) is 3.57 Å². The zero-order chi connectivity index (χ0) is 31.5. The molecule has 15 nitrogen and oxygen atoms in total. The number of esters is 4. The molecular weight excluding hydrogens is 702 g/mol. The summed E-state index contributed by atoms with van der Waals surface area (Å²) in [6.07, 6.45) is -9.06. The molecule has 1 aliphatic heterocycles. The third-order valence-electron chi connectivity index (χ3n) is 5.64. The van der Waals surface area contributed by atoms with E-state index >= 15 is 4.39 Å². The Balaban J connectivity index is 2.31. The minimum absolute atomic E-state index is 0.00837. The van der Waals surface area contributed by atoms with Gasteiger partial charge in [0.1, 0.15) is 12.7 Å². The summed E-state index contributed by atoms with van der Waals surface area (Å²) >= 11 is 1.91. The molecule has 1 aromatic carbocycles. The summed E-state index contributed by atoms with van der Waals surface area (Å²) < 4.78 is 68.6. The summed E-state index contributed by atoms with van der Waals surface area (Å²) in [4.78, 5) is 73.8. The third-order valence-corrected chi connectivity index (χ3v) is 8.01. The van der Waals surface area contributed by atoms with E-state index in [1.165, 1.54) is 12.1 Å². The zero-order valence-corrected chi connectivity index (χ0v) is 25.3. The molecule has 0 amide bonds. The van der Waals surface area contributed by atoms with Gasteiger partial charge < -0.3 is 23.7 Å². The van der Waals surface area contributed by atoms with E-state index in [4.69, 9.17) is 23.7 Å². The predicted molar refractivity (Wildman–Crippen MR) is 144 cm³/mol. The Kier molecular flexibility index (Phi) is 10.3. The van der Waals surface area contributed by atoms with Crippen LogP contribution in [-0.2, 0) is 52.9 Å². The molecule has 5 atom stereocenters. The van der Waals surface area contributed by atoms with Gasteiger partial charge in [-0.1, -0.05) is 0 Å². The lowest BCUT2D eigenvalue weighted by Gasteiger charge is -2.44. The minimum atomic E-state index is -4.81. The lowest BCUT2D eigenvalue weighted by molar-refractivity contribution is -0.269. The maximum absolute atomic E-state index is 15.0. The molecule has 1 aromatic heterocycles. The van der Waals surface area contributed by atoms with Gasteiger partial charge in [-0.3, -0.25) is 24.0 Å². The normalized spacial score (nSPS) is 22.1. The van der Waals surface area contributed by atoms with Crippen molar-refractivity contribution in [1.29, 1.82) is 0 Å². The lowest BCUT2D eigenvalue weighted by Crippen LogP contribution is -2.63. The second-order valence-electron chi connectivity index (χ2n) is 8.78. The van der Waals surface area contributed by atoms with Crippen molar-refractivity contribution < 1.29 is 55.7 Å². The molecular formula is C24H24FIN2O13S. The maximum Gasteiger partial charge on any atom is 0.347 e. The molecule has 0 spiro atoms. The molecule has 0 unspecified atom stereocenters. The molecule has 2 aromatic rings. The Morgan fingerprint density at radius 1 is 0.881 bits per heavy atom. The highest BCUT2D eigenvalue weighted by Gasteiger charge is 2.54. The van der Waals surface area contributed by atoms with Crippen LogP contribution in [0.4, 0.5) is 4.39 Å². The van der Waals surface area contributed by atoms with Crippen molar-refractivity contribution in [3.8, 4) is 0 Å². The van der Waals surface area contributed by atoms with Crippen LogP contribution in [0.25, 0.3) is 0 Å². The highest BCUT2D eigenvalue weighted by atomic mass is 127. The summed E-state index contributed by atoms with van der Waals surface area (Å²) in [6.45, 7) is 3.13. The van der Waals surface area contributed by atoms with E-state index in [1.54, 1.807) is 0 Å². The van der Waals surface area contributed by atoms with Gasteiger partial charge in [-0.25, -0.2) is 17.8 Å². The van der Waals surface area contributed by atoms with Gasteiger partial charge in [-0.05, 0) is 46.9 Å². The van der Waals surface area contributed by atoms with E-state index in [9.17, 15) is 37.2 Å². The monoisotopic (exact) mass is 726 g/mol. The molecule has 2 heterocycles. The predicted octanol–water partition coefficient (Wildman–Crippen LogP) is 0.246. The number of halogens is 2. The van der Waals surface area contributed by atoms with Crippen LogP contribution in [0.15, 0.2) is 44.9 Å². The number of nitrogens with zero attached hydrogens (tertiary/aromatic N) is 2. The Bertz CT molecular complexity index is 1620. The number of carbonyl (C=O) groups excluding carboxylic acids is 4. The van der Waals surface area contributed by atoms with Gasteiger partial charge in [-0.15, -0.1) is 0 Å². The van der Waals surface area contributed by atoms with E-state index in [2.05, 4.69) is 0 Å². The molecule has 0 bridgehead atoms. The number of rotatable bonds is 8. The van der Waals surface area contributed by atoms with Crippen molar-refractivity contribution in [1.82, 2.24) is 8.54 Å². The molecule has 0 N–H and O–H groups in total. The molecule has 18 heteroatoms. The molecule has 42 heavy (non-hydrogen) atoms. The fourth-order valence-electron chi connectivity index (χ4n) is 4.05. The Morgan fingerprint density at radius 2 is 1.40 bits per heavy atom. The molecule has 1 aliphatic rings. The van der Waals surface area contributed by atoms with Crippen LogP contribution >= 0.6 is 22.6 Å². The highest BCUT2D eigenvalue weighted by molar-refractivity contribution is 14.1. The molecule has 0 aliphatic carbocycles. The van der Waals surface area contributed by atoms with Crippen molar-refractivity contribution in [3.05, 3.63) is 60.7 Å². The number of hydrogen-bond donors (Lipinski definition) is 0. The summed E-state index contributed by atoms with van der Waals surface area (Å²) in [7, 11) is -4.81. The SMILES string of the molecule is CC(=O)OC[C@H]1O[C@@H](n2c(=O)c(F)cn(S(=O)(=O)c3ccc(I)cc3)c2=O)[C@H](OC(C)=O)[C@@H](OC(C)=O)[C@@H]1OC(C)=O. The lowest BCUT2D eigenvalue weighted by atomic mass is 9.97. The van der Waals surface area contributed by atoms with Crippen LogP contribution in [-0.4, -0.2) is 71.9 Å². The average Bonchev–Trinajstić information content (AvgIpc) is 2.87. The van der Waals surface area contributed by atoms with Crippen LogP contribution in [0.1, 0.15) is 33.9 Å². The Hall–Kier alpha value is -3.65. The van der Waals surface area contributed by atoms with Gasteiger partial charge in [0.15, 0.2) is 24.5 Å². The fraction of sp³-hybridized carbons (Fsp3) is 0.417. The molecule has 3 rings (SSSR count). The number of aromatic nitrogens is 2. The van der Waals surface area contributed by atoms with E-state index in [0.717, 1.165) is 39.8 Å². The van der Waals surface area contributed by atoms with Crippen molar-refractivity contribution in [2.45, 2.75) is 63.2 Å². The van der Waals surface area contributed by atoms with Gasteiger partial charge in [0, 0.05) is 31.3 Å².